The minimum absolute atomic E-state index is 0.271. The van der Waals surface area contributed by atoms with Gasteiger partial charge in [0.2, 0.25) is 5.13 Å². The summed E-state index contributed by atoms with van der Waals surface area (Å²) < 4.78 is 1.04. The van der Waals surface area contributed by atoms with E-state index in [9.17, 15) is 0 Å². The van der Waals surface area contributed by atoms with E-state index in [1.807, 2.05) is 36.4 Å². The lowest BCUT2D eigenvalue weighted by molar-refractivity contribution is -0.181. The van der Waals surface area contributed by atoms with Gasteiger partial charge in [0.25, 0.3) is 5.88 Å². The van der Waals surface area contributed by atoms with Crippen LogP contribution in [0.25, 0.3) is 21.3 Å². The molecule has 0 radical (unpaired) electrons. The molecule has 3 aromatic heterocycles. The van der Waals surface area contributed by atoms with E-state index >= 15 is 0 Å². The Bertz CT molecular complexity index is 1060. The maximum absolute atomic E-state index is 8.85. The van der Waals surface area contributed by atoms with Crippen molar-refractivity contribution >= 4 is 26.7 Å². The summed E-state index contributed by atoms with van der Waals surface area (Å²) in [4.78, 5) is 23.0. The van der Waals surface area contributed by atoms with Crippen molar-refractivity contribution in [2.75, 3.05) is 5.48 Å². The largest absolute Gasteiger partial charge is 0.293 e. The van der Waals surface area contributed by atoms with Crippen molar-refractivity contribution in [1.82, 2.24) is 15.0 Å². The summed E-state index contributed by atoms with van der Waals surface area (Å²) in [6.45, 7) is 0. The quantitative estimate of drug-likeness (QED) is 0.425. The van der Waals surface area contributed by atoms with Gasteiger partial charge in [-0.1, -0.05) is 28.5 Å². The third-order valence-electron chi connectivity index (χ3n) is 3.50. The van der Waals surface area contributed by atoms with Crippen molar-refractivity contribution < 1.29 is 9.88 Å². The number of fused-ring (bicyclic) bond motifs is 1. The van der Waals surface area contributed by atoms with Crippen molar-refractivity contribution in [3.63, 3.8) is 0 Å². The highest BCUT2D eigenvalue weighted by molar-refractivity contribution is 7.22. The van der Waals surface area contributed by atoms with Gasteiger partial charge in [-0.05, 0) is 36.4 Å². The van der Waals surface area contributed by atoms with E-state index in [0.29, 0.717) is 16.4 Å². The Morgan fingerprint density at radius 3 is 2.77 bits per heavy atom. The summed E-state index contributed by atoms with van der Waals surface area (Å²) in [6.07, 6.45) is 3.18. The molecule has 0 fully saturated rings. The fourth-order valence-electron chi connectivity index (χ4n) is 2.31. The van der Waals surface area contributed by atoms with Gasteiger partial charge in [-0.15, -0.1) is 0 Å². The average Bonchev–Trinajstić information content (AvgIpc) is 3.11. The highest BCUT2D eigenvalue weighted by Crippen LogP contribution is 2.28. The second-order valence-electron chi connectivity index (χ2n) is 5.16. The highest BCUT2D eigenvalue weighted by Gasteiger charge is 2.10. The molecule has 0 saturated heterocycles. The molecule has 3 heterocycles. The van der Waals surface area contributed by atoms with Crippen molar-refractivity contribution in [1.29, 1.82) is 5.26 Å². The smallest absolute Gasteiger partial charge is 0.266 e. The Hall–Kier alpha value is -3.54. The summed E-state index contributed by atoms with van der Waals surface area (Å²) in [5.74, 6) is 0.271. The first-order valence-electron chi connectivity index (χ1n) is 7.60. The van der Waals surface area contributed by atoms with Crippen LogP contribution in [0.4, 0.5) is 5.13 Å². The Kier molecular flexibility index (Phi) is 4.38. The van der Waals surface area contributed by atoms with Crippen LogP contribution in [0.3, 0.4) is 0 Å². The molecular weight excluding hydrogens is 350 g/mol. The first-order chi connectivity index (χ1) is 12.8. The minimum atomic E-state index is 0.271. The van der Waals surface area contributed by atoms with Gasteiger partial charge in [0.15, 0.2) is 0 Å². The van der Waals surface area contributed by atoms with Crippen molar-refractivity contribution in [3.05, 3.63) is 66.6 Å². The maximum Gasteiger partial charge on any atom is 0.266 e. The summed E-state index contributed by atoms with van der Waals surface area (Å²) in [5.41, 5.74) is 5.34. The van der Waals surface area contributed by atoms with Gasteiger partial charge in [0.05, 0.1) is 10.2 Å². The molecule has 0 bridgehead atoms. The molecular formula is C18H11N5O2S. The molecule has 26 heavy (non-hydrogen) atoms. The molecule has 0 aliphatic heterocycles. The number of hydrogen-bond acceptors (Lipinski definition) is 8. The van der Waals surface area contributed by atoms with E-state index in [-0.39, 0.29) is 5.88 Å². The van der Waals surface area contributed by atoms with E-state index in [1.54, 1.807) is 30.6 Å². The van der Waals surface area contributed by atoms with Crippen LogP contribution in [-0.4, -0.2) is 15.0 Å². The Balaban J connectivity index is 1.49. The molecule has 4 aromatic rings. The summed E-state index contributed by atoms with van der Waals surface area (Å²) in [5, 5.41) is 9.42. The predicted molar refractivity (Wildman–Crippen MR) is 97.1 cm³/mol. The number of nitrogens with zero attached hydrogens (tertiary/aromatic N) is 4. The van der Waals surface area contributed by atoms with Crippen molar-refractivity contribution in [2.24, 2.45) is 0 Å². The second-order valence-corrected chi connectivity index (χ2v) is 6.19. The number of aromatic nitrogens is 3. The molecule has 0 aliphatic rings. The Morgan fingerprint density at radius 2 is 1.96 bits per heavy atom. The van der Waals surface area contributed by atoms with E-state index in [4.69, 9.17) is 15.1 Å². The Labute approximate surface area is 152 Å². The number of rotatable bonds is 5. The molecule has 0 amide bonds. The van der Waals surface area contributed by atoms with E-state index < -0.39 is 0 Å². The topological polar surface area (TPSA) is 93.0 Å². The number of pyridine rings is 2. The van der Waals surface area contributed by atoms with Crippen LogP contribution in [0, 0.1) is 11.3 Å². The van der Waals surface area contributed by atoms with Crippen LogP contribution in [0.2, 0.25) is 0 Å². The molecule has 0 aliphatic carbocycles. The number of nitrogens with one attached hydrogen (secondary N) is 1. The van der Waals surface area contributed by atoms with Crippen LogP contribution < -0.4 is 10.4 Å². The van der Waals surface area contributed by atoms with Gasteiger partial charge in [-0.2, -0.15) is 10.7 Å². The first kappa shape index (κ1) is 16.0. The number of para-hydroxylation sites is 1. The van der Waals surface area contributed by atoms with Crippen molar-refractivity contribution in [3.8, 4) is 23.1 Å². The van der Waals surface area contributed by atoms with E-state index in [2.05, 4.69) is 20.4 Å². The number of nitriles is 1. The lowest BCUT2D eigenvalue weighted by Gasteiger charge is -2.08. The van der Waals surface area contributed by atoms with Gasteiger partial charge in [-0.3, -0.25) is 4.89 Å². The molecule has 0 saturated carbocycles. The molecule has 0 unspecified atom stereocenters. The third kappa shape index (κ3) is 3.30. The molecule has 0 spiro atoms. The van der Waals surface area contributed by atoms with Gasteiger partial charge in [0.1, 0.15) is 11.8 Å². The summed E-state index contributed by atoms with van der Waals surface area (Å²) in [7, 11) is 0. The standard InChI is InChI=1S/C18H11N5O2S/c19-10-13-8-7-12(11-21-13)14-4-3-9-20-17(14)24-25-23-18-22-15-5-1-2-6-16(15)26-18/h1-9,11H,(H,22,23). The number of anilines is 1. The molecule has 1 aromatic carbocycles. The number of benzene rings is 1. The second kappa shape index (κ2) is 7.14. The molecule has 8 heteroatoms. The predicted octanol–water partition coefficient (Wildman–Crippen LogP) is 3.96. The number of hydrogen-bond donors (Lipinski definition) is 1. The third-order valence-corrected chi connectivity index (χ3v) is 4.44. The Morgan fingerprint density at radius 1 is 1.04 bits per heavy atom. The fourth-order valence-corrected chi connectivity index (χ4v) is 3.10. The van der Waals surface area contributed by atoms with Crippen molar-refractivity contribution in [2.45, 2.75) is 0 Å². The zero-order valence-electron chi connectivity index (χ0n) is 13.3. The van der Waals surface area contributed by atoms with Crippen LogP contribution in [0.5, 0.6) is 5.88 Å². The van der Waals surface area contributed by atoms with Crippen LogP contribution in [0.15, 0.2) is 60.9 Å². The minimum Gasteiger partial charge on any atom is -0.293 e. The normalized spacial score (nSPS) is 10.4. The van der Waals surface area contributed by atoms with Gasteiger partial charge < -0.3 is 0 Å². The molecule has 4 rings (SSSR count). The lowest BCUT2D eigenvalue weighted by atomic mass is 10.1. The number of thiazole rings is 1. The van der Waals surface area contributed by atoms with Gasteiger partial charge >= 0.3 is 0 Å². The fraction of sp³-hybridized carbons (Fsp3) is 0. The van der Waals surface area contributed by atoms with E-state index in [1.165, 1.54) is 11.3 Å². The molecule has 126 valence electrons. The van der Waals surface area contributed by atoms with Crippen LogP contribution in [0.1, 0.15) is 5.69 Å². The highest BCUT2D eigenvalue weighted by atomic mass is 32.1. The zero-order valence-corrected chi connectivity index (χ0v) is 14.1. The van der Waals surface area contributed by atoms with Gasteiger partial charge in [0, 0.05) is 23.5 Å². The molecule has 1 N–H and O–H groups in total. The summed E-state index contributed by atoms with van der Waals surface area (Å²) in [6, 6.07) is 16.8. The summed E-state index contributed by atoms with van der Waals surface area (Å²) >= 11 is 1.45. The van der Waals surface area contributed by atoms with E-state index in [0.717, 1.165) is 15.8 Å². The van der Waals surface area contributed by atoms with Gasteiger partial charge in [-0.25, -0.2) is 15.0 Å². The van der Waals surface area contributed by atoms with Crippen LogP contribution in [-0.2, 0) is 4.99 Å². The molecule has 7 nitrogen and oxygen atoms in total. The first-order valence-corrected chi connectivity index (χ1v) is 8.42. The average molecular weight is 361 g/mol. The van der Waals surface area contributed by atoms with Crippen LogP contribution >= 0.6 is 11.3 Å². The molecule has 0 atom stereocenters. The maximum atomic E-state index is 8.85. The SMILES string of the molecule is N#Cc1ccc(-c2cccnc2OONc2nc3ccccc3s2)cn1. The lowest BCUT2D eigenvalue weighted by Crippen LogP contribution is -2.06. The zero-order chi connectivity index (χ0) is 17.8. The monoisotopic (exact) mass is 361 g/mol.